The van der Waals surface area contributed by atoms with Gasteiger partial charge in [0, 0.05) is 0 Å². The smallest absolute Gasteiger partial charge is 0.192 e. The van der Waals surface area contributed by atoms with E-state index in [1.807, 2.05) is 21.1 Å². The van der Waals surface area contributed by atoms with Gasteiger partial charge in [0.1, 0.15) is 6.54 Å². The normalized spacial score (nSPS) is 16.8. The molecule has 0 aromatic carbocycles. The zero-order valence-corrected chi connectivity index (χ0v) is 8.29. The average molecular weight is 172 g/mol. The zero-order valence-electron chi connectivity index (χ0n) is 8.29. The van der Waals surface area contributed by atoms with E-state index in [0.717, 1.165) is 6.08 Å². The first kappa shape index (κ1) is 11.3. The number of nitrogens with zero attached hydrogens (tertiary/aromatic N) is 1. The average Bonchev–Trinajstić information content (AvgIpc) is 1.80. The minimum Gasteiger partial charge on any atom is -0.377 e. The number of hydrogen-bond donors (Lipinski definition) is 1. The minimum absolute atomic E-state index is 0.324. The Labute approximate surface area is 73.9 Å². The summed E-state index contributed by atoms with van der Waals surface area (Å²) >= 11 is 0. The van der Waals surface area contributed by atoms with Gasteiger partial charge in [0.2, 0.25) is 0 Å². The highest BCUT2D eigenvalue weighted by Crippen LogP contribution is 2.10. The molecular formula is C9H18NO2+. The molecule has 12 heavy (non-hydrogen) atoms. The van der Waals surface area contributed by atoms with Crippen molar-refractivity contribution in [2.45, 2.75) is 12.5 Å². The number of quaternary nitrogens is 1. The topological polar surface area (TPSA) is 37.3 Å². The predicted octanol–water partition coefficient (Wildman–Crippen LogP) is 0.199. The lowest BCUT2D eigenvalue weighted by Gasteiger charge is -2.31. The molecule has 0 rings (SSSR count). The third kappa shape index (κ3) is 3.64. The zero-order chi connectivity index (χ0) is 9.99. The van der Waals surface area contributed by atoms with Crippen LogP contribution in [-0.4, -0.2) is 48.7 Å². The van der Waals surface area contributed by atoms with Crippen LogP contribution in [0.2, 0.25) is 0 Å². The molecule has 0 aliphatic rings. The fourth-order valence-electron chi connectivity index (χ4n) is 1.22. The highest BCUT2D eigenvalue weighted by Gasteiger charge is 2.33. The van der Waals surface area contributed by atoms with Gasteiger partial charge in [0.15, 0.2) is 11.4 Å². The molecule has 0 spiro atoms. The lowest BCUT2D eigenvalue weighted by molar-refractivity contribution is -0.875. The van der Waals surface area contributed by atoms with E-state index in [1.54, 1.807) is 0 Å². The number of carbonyl (C=O) groups excluding carboxylic acids is 1. The van der Waals surface area contributed by atoms with Crippen molar-refractivity contribution in [2.24, 2.45) is 0 Å². The molecule has 0 fully saturated rings. The van der Waals surface area contributed by atoms with Crippen molar-refractivity contribution in [1.82, 2.24) is 0 Å². The number of rotatable bonds is 4. The Morgan fingerprint density at radius 1 is 1.58 bits per heavy atom. The van der Waals surface area contributed by atoms with E-state index in [9.17, 15) is 9.90 Å². The van der Waals surface area contributed by atoms with Crippen molar-refractivity contribution < 1.29 is 14.4 Å². The summed E-state index contributed by atoms with van der Waals surface area (Å²) in [6, 6.07) is 0. The number of likely N-dealkylation sites (N-methyl/N-ethyl adjacent to an activating group) is 1. The molecule has 1 atom stereocenters. The lowest BCUT2D eigenvalue weighted by atomic mass is 10.00. The highest BCUT2D eigenvalue weighted by molar-refractivity contribution is 5.96. The largest absolute Gasteiger partial charge is 0.377 e. The van der Waals surface area contributed by atoms with Gasteiger partial charge in [0.25, 0.3) is 0 Å². The molecular weight excluding hydrogens is 154 g/mol. The van der Waals surface area contributed by atoms with Gasteiger partial charge in [-0.15, -0.1) is 0 Å². The van der Waals surface area contributed by atoms with E-state index in [1.165, 1.54) is 6.92 Å². The quantitative estimate of drug-likeness (QED) is 0.486. The number of carbonyl (C=O) groups is 1. The van der Waals surface area contributed by atoms with E-state index >= 15 is 0 Å². The Hall–Kier alpha value is -0.670. The highest BCUT2D eigenvalue weighted by atomic mass is 16.3. The molecule has 1 N–H and O–H groups in total. The summed E-state index contributed by atoms with van der Waals surface area (Å²) in [4.78, 5) is 11.1. The first-order valence-corrected chi connectivity index (χ1v) is 3.89. The van der Waals surface area contributed by atoms with Gasteiger partial charge in [-0.2, -0.15) is 0 Å². The molecule has 0 radical (unpaired) electrons. The standard InChI is InChI=1S/C9H18NO2/c1-6-8(11)9(2,12)7-10(3,4)5/h6,12H,1,7H2,2-5H3/q+1. The molecule has 0 aliphatic heterocycles. The summed E-state index contributed by atoms with van der Waals surface area (Å²) in [5.74, 6) is -0.324. The van der Waals surface area contributed by atoms with Crippen LogP contribution in [0.25, 0.3) is 0 Å². The molecule has 0 saturated carbocycles. The Morgan fingerprint density at radius 3 is 2.25 bits per heavy atom. The SMILES string of the molecule is C=CC(=O)C(C)(O)C[N+](C)(C)C. The van der Waals surface area contributed by atoms with Crippen LogP contribution in [0.4, 0.5) is 0 Å². The maximum atomic E-state index is 11.1. The number of hydrogen-bond acceptors (Lipinski definition) is 2. The van der Waals surface area contributed by atoms with Crippen LogP contribution in [0.5, 0.6) is 0 Å². The summed E-state index contributed by atoms with van der Waals surface area (Å²) < 4.78 is 0.548. The maximum absolute atomic E-state index is 11.1. The maximum Gasteiger partial charge on any atom is 0.192 e. The summed E-state index contributed by atoms with van der Waals surface area (Å²) in [5.41, 5.74) is -1.29. The number of ketones is 1. The fraction of sp³-hybridized carbons (Fsp3) is 0.667. The van der Waals surface area contributed by atoms with Crippen molar-refractivity contribution >= 4 is 5.78 Å². The summed E-state index contributed by atoms with van der Waals surface area (Å²) in [7, 11) is 5.76. The predicted molar refractivity (Wildman–Crippen MR) is 48.7 cm³/mol. The van der Waals surface area contributed by atoms with E-state index in [2.05, 4.69) is 6.58 Å². The summed E-state index contributed by atoms with van der Waals surface area (Å²) in [6.07, 6.45) is 1.16. The fourth-order valence-corrected chi connectivity index (χ4v) is 1.22. The molecule has 70 valence electrons. The van der Waals surface area contributed by atoms with Crippen LogP contribution >= 0.6 is 0 Å². The van der Waals surface area contributed by atoms with Gasteiger partial charge in [-0.3, -0.25) is 4.79 Å². The molecule has 0 bridgehead atoms. The summed E-state index contributed by atoms with van der Waals surface area (Å²) in [6.45, 7) is 5.24. The van der Waals surface area contributed by atoms with E-state index in [4.69, 9.17) is 0 Å². The lowest BCUT2D eigenvalue weighted by Crippen LogP contribution is -2.51. The summed E-state index contributed by atoms with van der Waals surface area (Å²) in [5, 5.41) is 9.68. The van der Waals surface area contributed by atoms with Crippen molar-refractivity contribution in [2.75, 3.05) is 27.7 Å². The van der Waals surface area contributed by atoms with Gasteiger partial charge in [-0.25, -0.2) is 0 Å². The first-order valence-electron chi connectivity index (χ1n) is 3.89. The Balaban J connectivity index is 4.42. The molecule has 0 aromatic rings. The van der Waals surface area contributed by atoms with E-state index in [-0.39, 0.29) is 5.78 Å². The van der Waals surface area contributed by atoms with E-state index in [0.29, 0.717) is 11.0 Å². The molecule has 1 unspecified atom stereocenters. The van der Waals surface area contributed by atoms with Crippen LogP contribution in [-0.2, 0) is 4.79 Å². The van der Waals surface area contributed by atoms with E-state index < -0.39 is 5.60 Å². The Bertz CT molecular complexity index is 189. The van der Waals surface area contributed by atoms with Gasteiger partial charge < -0.3 is 9.59 Å². The minimum atomic E-state index is -1.29. The molecule has 0 amide bonds. The van der Waals surface area contributed by atoms with Crippen LogP contribution in [0, 0.1) is 0 Å². The second kappa shape index (κ2) is 3.37. The third-order valence-electron chi connectivity index (χ3n) is 1.50. The molecule has 3 heteroatoms. The Kier molecular flexibility index (Phi) is 3.18. The third-order valence-corrected chi connectivity index (χ3v) is 1.50. The number of aliphatic hydroxyl groups is 1. The van der Waals surface area contributed by atoms with Crippen LogP contribution in [0.15, 0.2) is 12.7 Å². The molecule has 3 nitrogen and oxygen atoms in total. The van der Waals surface area contributed by atoms with Crippen molar-refractivity contribution in [3.05, 3.63) is 12.7 Å². The van der Waals surface area contributed by atoms with Crippen LogP contribution in [0.3, 0.4) is 0 Å². The molecule has 0 heterocycles. The van der Waals surface area contributed by atoms with Crippen molar-refractivity contribution in [3.63, 3.8) is 0 Å². The second-order valence-corrected chi connectivity index (χ2v) is 4.29. The Morgan fingerprint density at radius 2 is 2.00 bits per heavy atom. The van der Waals surface area contributed by atoms with Crippen LogP contribution in [0.1, 0.15) is 6.92 Å². The van der Waals surface area contributed by atoms with Crippen molar-refractivity contribution in [3.8, 4) is 0 Å². The monoisotopic (exact) mass is 172 g/mol. The van der Waals surface area contributed by atoms with Gasteiger partial charge in [-0.05, 0) is 13.0 Å². The second-order valence-electron chi connectivity index (χ2n) is 4.29. The van der Waals surface area contributed by atoms with Gasteiger partial charge >= 0.3 is 0 Å². The molecule has 0 saturated heterocycles. The van der Waals surface area contributed by atoms with Crippen LogP contribution < -0.4 is 0 Å². The van der Waals surface area contributed by atoms with Gasteiger partial charge in [-0.1, -0.05) is 6.58 Å². The van der Waals surface area contributed by atoms with Crippen molar-refractivity contribution in [1.29, 1.82) is 0 Å². The van der Waals surface area contributed by atoms with Gasteiger partial charge in [0.05, 0.1) is 21.1 Å². The molecule has 0 aromatic heterocycles. The first-order chi connectivity index (χ1) is 5.19. The molecule has 0 aliphatic carbocycles.